The van der Waals surface area contributed by atoms with Crippen LogP contribution in [0.5, 0.6) is 0 Å². The fraction of sp³-hybridized carbons (Fsp3) is 0.231. The van der Waals surface area contributed by atoms with Crippen LogP contribution >= 0.6 is 23.1 Å². The Kier molecular flexibility index (Phi) is 3.65. The highest BCUT2D eigenvalue weighted by molar-refractivity contribution is 8.01. The van der Waals surface area contributed by atoms with Crippen LogP contribution < -0.4 is 10.9 Å². The van der Waals surface area contributed by atoms with Crippen LogP contribution in [0.15, 0.2) is 38.6 Å². The van der Waals surface area contributed by atoms with Gasteiger partial charge in [0.1, 0.15) is 5.65 Å². The second-order valence-corrected chi connectivity index (χ2v) is 7.36. The topological polar surface area (TPSA) is 115 Å². The fourth-order valence-electron chi connectivity index (χ4n) is 2.08. The van der Waals surface area contributed by atoms with E-state index in [1.165, 1.54) is 17.5 Å². The third-order valence-electron chi connectivity index (χ3n) is 3.36. The Balaban J connectivity index is 1.74. The fourth-order valence-corrected chi connectivity index (χ4v) is 3.92. The number of rotatable bonds is 5. The number of nitrogens with zero attached hydrogens (tertiary/aromatic N) is 5. The molecule has 24 heavy (non-hydrogen) atoms. The van der Waals surface area contributed by atoms with Crippen molar-refractivity contribution in [2.75, 3.05) is 5.32 Å². The molecular formula is C13H10N6O3S2. The van der Waals surface area contributed by atoms with E-state index in [2.05, 4.69) is 20.5 Å². The number of nitrogens with one attached hydrogen (secondary N) is 1. The number of hydrogen-bond acceptors (Lipinski definition) is 9. The van der Waals surface area contributed by atoms with E-state index in [9.17, 15) is 14.9 Å². The molecule has 1 aliphatic carbocycles. The summed E-state index contributed by atoms with van der Waals surface area (Å²) in [5.74, 6) is 0. The second-order valence-electron chi connectivity index (χ2n) is 5.15. The summed E-state index contributed by atoms with van der Waals surface area (Å²) in [5.41, 5.74) is -0.930. The maximum atomic E-state index is 12.4. The summed E-state index contributed by atoms with van der Waals surface area (Å²) >= 11 is 2.26. The predicted molar refractivity (Wildman–Crippen MR) is 88.8 cm³/mol. The van der Waals surface area contributed by atoms with E-state index in [0.717, 1.165) is 29.0 Å². The van der Waals surface area contributed by atoms with E-state index in [4.69, 9.17) is 0 Å². The van der Waals surface area contributed by atoms with E-state index in [1.54, 1.807) is 18.2 Å². The standard InChI is InChI=1S/C13H10N6O3S2/c20-11-9(19(21)22)10(15-8-3-1-2-6-18(8)11)23-13-17-16-12(24-13)14-7-4-5-7/h1-3,6-7H,4-5H2,(H,14,16). The summed E-state index contributed by atoms with van der Waals surface area (Å²) in [6.45, 7) is 0. The first kappa shape index (κ1) is 15.0. The predicted octanol–water partition coefficient (Wildman–Crippen LogP) is 2.18. The van der Waals surface area contributed by atoms with Crippen LogP contribution in [0.1, 0.15) is 12.8 Å². The van der Waals surface area contributed by atoms with Crippen molar-refractivity contribution < 1.29 is 4.92 Å². The molecule has 1 saturated carbocycles. The lowest BCUT2D eigenvalue weighted by Crippen LogP contribution is -2.19. The molecule has 0 atom stereocenters. The zero-order chi connectivity index (χ0) is 16.7. The lowest BCUT2D eigenvalue weighted by Gasteiger charge is -2.03. The molecule has 3 heterocycles. The molecule has 0 bridgehead atoms. The van der Waals surface area contributed by atoms with Crippen molar-refractivity contribution in [3.63, 3.8) is 0 Å². The van der Waals surface area contributed by atoms with Crippen molar-refractivity contribution in [1.82, 2.24) is 19.6 Å². The SMILES string of the molecule is O=c1c([N+](=O)[O-])c(Sc2nnc(NC3CC3)s2)nc2ccccn12. The van der Waals surface area contributed by atoms with Crippen molar-refractivity contribution in [2.24, 2.45) is 0 Å². The van der Waals surface area contributed by atoms with Gasteiger partial charge in [-0.3, -0.25) is 19.3 Å². The molecule has 4 rings (SSSR count). The van der Waals surface area contributed by atoms with Gasteiger partial charge in [-0.25, -0.2) is 4.98 Å². The summed E-state index contributed by atoms with van der Waals surface area (Å²) in [6, 6.07) is 5.39. The largest absolute Gasteiger partial charge is 0.366 e. The molecule has 0 spiro atoms. The third-order valence-corrected chi connectivity index (χ3v) is 5.24. The van der Waals surface area contributed by atoms with E-state index >= 15 is 0 Å². The van der Waals surface area contributed by atoms with Crippen LogP contribution in [0.25, 0.3) is 5.65 Å². The quantitative estimate of drug-likeness (QED) is 0.417. The van der Waals surface area contributed by atoms with Crippen molar-refractivity contribution >= 4 is 39.6 Å². The van der Waals surface area contributed by atoms with Gasteiger partial charge in [-0.1, -0.05) is 17.4 Å². The Bertz CT molecular complexity index is 997. The zero-order valence-electron chi connectivity index (χ0n) is 12.1. The second kappa shape index (κ2) is 5.83. The lowest BCUT2D eigenvalue weighted by atomic mass is 10.4. The molecule has 0 amide bonds. The molecule has 1 aliphatic rings. The van der Waals surface area contributed by atoms with Gasteiger partial charge in [-0.15, -0.1) is 10.2 Å². The molecule has 0 unspecified atom stereocenters. The Morgan fingerprint density at radius 3 is 2.96 bits per heavy atom. The van der Waals surface area contributed by atoms with Crippen LogP contribution in [-0.4, -0.2) is 30.5 Å². The molecular weight excluding hydrogens is 352 g/mol. The van der Waals surface area contributed by atoms with E-state index in [1.807, 2.05) is 0 Å². The number of hydrogen-bond donors (Lipinski definition) is 1. The zero-order valence-corrected chi connectivity index (χ0v) is 13.7. The highest BCUT2D eigenvalue weighted by Gasteiger charge is 2.26. The molecule has 11 heteroatoms. The Morgan fingerprint density at radius 2 is 2.21 bits per heavy atom. The van der Waals surface area contributed by atoms with Crippen LogP contribution in [-0.2, 0) is 0 Å². The van der Waals surface area contributed by atoms with Gasteiger partial charge < -0.3 is 5.32 Å². The van der Waals surface area contributed by atoms with Crippen molar-refractivity contribution in [2.45, 2.75) is 28.2 Å². The molecule has 0 saturated heterocycles. The van der Waals surface area contributed by atoms with Gasteiger partial charge in [0.2, 0.25) is 5.13 Å². The van der Waals surface area contributed by atoms with Crippen LogP contribution in [0, 0.1) is 10.1 Å². The van der Waals surface area contributed by atoms with Gasteiger partial charge >= 0.3 is 11.2 Å². The highest BCUT2D eigenvalue weighted by atomic mass is 32.2. The Morgan fingerprint density at radius 1 is 1.38 bits per heavy atom. The van der Waals surface area contributed by atoms with Gasteiger partial charge in [-0.05, 0) is 36.7 Å². The van der Waals surface area contributed by atoms with Gasteiger partial charge in [0.25, 0.3) is 0 Å². The monoisotopic (exact) mass is 362 g/mol. The number of fused-ring (bicyclic) bond motifs is 1. The summed E-state index contributed by atoms with van der Waals surface area (Å²) < 4.78 is 1.65. The van der Waals surface area contributed by atoms with Crippen LogP contribution in [0.3, 0.4) is 0 Å². The average Bonchev–Trinajstić information content (AvgIpc) is 3.25. The van der Waals surface area contributed by atoms with Crippen molar-refractivity contribution in [3.8, 4) is 0 Å². The summed E-state index contributed by atoms with van der Waals surface area (Å²) in [5, 5.41) is 23.2. The maximum absolute atomic E-state index is 12.4. The number of pyridine rings is 1. The molecule has 9 nitrogen and oxygen atoms in total. The first-order valence-electron chi connectivity index (χ1n) is 7.05. The van der Waals surface area contributed by atoms with Gasteiger partial charge in [0, 0.05) is 12.2 Å². The summed E-state index contributed by atoms with van der Waals surface area (Å²) in [6.07, 6.45) is 3.67. The number of aromatic nitrogens is 4. The normalized spacial score (nSPS) is 14.0. The van der Waals surface area contributed by atoms with Gasteiger partial charge in [0.15, 0.2) is 9.37 Å². The molecule has 3 aromatic heterocycles. The van der Waals surface area contributed by atoms with Crippen LogP contribution in [0.2, 0.25) is 0 Å². The smallest absolute Gasteiger partial charge is 0.357 e. The molecule has 122 valence electrons. The number of nitro groups is 1. The minimum absolute atomic E-state index is 0.0188. The van der Waals surface area contributed by atoms with Crippen LogP contribution in [0.4, 0.5) is 10.8 Å². The molecule has 3 aromatic rings. The van der Waals surface area contributed by atoms with Crippen molar-refractivity contribution in [3.05, 3.63) is 44.9 Å². The summed E-state index contributed by atoms with van der Waals surface area (Å²) in [7, 11) is 0. The molecule has 0 aliphatic heterocycles. The van der Waals surface area contributed by atoms with E-state index < -0.39 is 16.2 Å². The molecule has 1 fully saturated rings. The molecule has 0 radical (unpaired) electrons. The first-order chi connectivity index (χ1) is 11.6. The number of anilines is 1. The van der Waals surface area contributed by atoms with Gasteiger partial charge in [-0.2, -0.15) is 0 Å². The highest BCUT2D eigenvalue weighted by Crippen LogP contribution is 2.35. The van der Waals surface area contributed by atoms with E-state index in [0.29, 0.717) is 21.2 Å². The maximum Gasteiger partial charge on any atom is 0.366 e. The molecule has 0 aromatic carbocycles. The average molecular weight is 362 g/mol. The van der Waals surface area contributed by atoms with Crippen molar-refractivity contribution in [1.29, 1.82) is 0 Å². The Labute approximate surface area is 142 Å². The minimum Gasteiger partial charge on any atom is -0.357 e. The first-order valence-corrected chi connectivity index (χ1v) is 8.69. The van der Waals surface area contributed by atoms with Gasteiger partial charge in [0.05, 0.1) is 4.92 Å². The Hall–Kier alpha value is -2.53. The minimum atomic E-state index is -0.714. The molecule has 1 N–H and O–H groups in total. The summed E-state index contributed by atoms with van der Waals surface area (Å²) in [4.78, 5) is 27.2. The third kappa shape index (κ3) is 2.83. The lowest BCUT2D eigenvalue weighted by molar-refractivity contribution is -0.389. The van der Waals surface area contributed by atoms with E-state index in [-0.39, 0.29) is 5.03 Å².